The first kappa shape index (κ1) is 15.4. The van der Waals surface area contributed by atoms with Gasteiger partial charge in [-0.15, -0.1) is 5.10 Å². The van der Waals surface area contributed by atoms with E-state index < -0.39 is 0 Å². The van der Waals surface area contributed by atoms with E-state index in [1.165, 1.54) is 5.56 Å². The van der Waals surface area contributed by atoms with Gasteiger partial charge < -0.3 is 0 Å². The second kappa shape index (κ2) is 6.73. The molecule has 3 rings (SSSR count). The lowest BCUT2D eigenvalue weighted by atomic mass is 10.1. The van der Waals surface area contributed by atoms with Crippen LogP contribution in [0.3, 0.4) is 0 Å². The minimum Gasteiger partial charge on any atom is -0.258 e. The Hall–Kier alpha value is -1.49. The fraction of sp³-hybridized carbons (Fsp3) is 0.125. The van der Waals surface area contributed by atoms with Gasteiger partial charge >= 0.3 is 0 Å². The maximum absolute atomic E-state index is 6.02. The molecular formula is C16H13Cl2N3S. The normalized spacial score (nSPS) is 10.9. The number of aromatic nitrogens is 3. The molecule has 0 amide bonds. The van der Waals surface area contributed by atoms with Crippen molar-refractivity contribution in [3.63, 3.8) is 0 Å². The molecule has 3 nitrogen and oxygen atoms in total. The average Bonchev–Trinajstić information content (AvgIpc) is 2.97. The summed E-state index contributed by atoms with van der Waals surface area (Å²) in [5.41, 5.74) is 3.31. The van der Waals surface area contributed by atoms with Crippen molar-refractivity contribution in [2.75, 3.05) is 0 Å². The van der Waals surface area contributed by atoms with Gasteiger partial charge in [-0.2, -0.15) is 0 Å². The largest absolute Gasteiger partial charge is 0.258 e. The van der Waals surface area contributed by atoms with Gasteiger partial charge in [-0.05, 0) is 30.7 Å². The summed E-state index contributed by atoms with van der Waals surface area (Å²) in [5.74, 6) is 1.52. The van der Waals surface area contributed by atoms with E-state index in [0.29, 0.717) is 15.2 Å². The van der Waals surface area contributed by atoms with Crippen molar-refractivity contribution in [1.82, 2.24) is 15.2 Å². The van der Waals surface area contributed by atoms with Crippen molar-refractivity contribution in [3.8, 4) is 11.4 Å². The van der Waals surface area contributed by atoms with E-state index >= 15 is 0 Å². The summed E-state index contributed by atoms with van der Waals surface area (Å²) in [4.78, 5) is 4.51. The van der Waals surface area contributed by atoms with Gasteiger partial charge in [0.05, 0.1) is 10.0 Å². The molecule has 112 valence electrons. The molecule has 6 heteroatoms. The quantitative estimate of drug-likeness (QED) is 0.643. The smallest absolute Gasteiger partial charge is 0.209 e. The molecule has 0 aliphatic heterocycles. The van der Waals surface area contributed by atoms with Crippen molar-refractivity contribution in [1.29, 1.82) is 0 Å². The van der Waals surface area contributed by atoms with Crippen molar-refractivity contribution in [2.24, 2.45) is 0 Å². The van der Waals surface area contributed by atoms with Crippen LogP contribution in [0.4, 0.5) is 0 Å². The third-order valence-electron chi connectivity index (χ3n) is 3.11. The number of thioether (sulfide) groups is 1. The van der Waals surface area contributed by atoms with Crippen LogP contribution in [-0.4, -0.2) is 15.2 Å². The van der Waals surface area contributed by atoms with Gasteiger partial charge in [0, 0.05) is 11.3 Å². The van der Waals surface area contributed by atoms with Crippen LogP contribution < -0.4 is 0 Å². The zero-order valence-electron chi connectivity index (χ0n) is 11.8. The highest BCUT2D eigenvalue weighted by Gasteiger charge is 2.07. The molecule has 0 radical (unpaired) electrons. The number of aromatic amines is 1. The fourth-order valence-electron chi connectivity index (χ4n) is 2.01. The maximum Gasteiger partial charge on any atom is 0.209 e. The van der Waals surface area contributed by atoms with Crippen LogP contribution in [0.15, 0.2) is 47.6 Å². The molecule has 0 spiro atoms. The van der Waals surface area contributed by atoms with Gasteiger partial charge in [0.25, 0.3) is 0 Å². The van der Waals surface area contributed by atoms with Gasteiger partial charge in [0.15, 0.2) is 5.82 Å². The molecule has 0 bridgehead atoms. The minimum absolute atomic E-state index is 0.565. The van der Waals surface area contributed by atoms with Gasteiger partial charge in [-0.1, -0.05) is 64.8 Å². The van der Waals surface area contributed by atoms with E-state index in [2.05, 4.69) is 34.2 Å². The zero-order valence-corrected chi connectivity index (χ0v) is 14.1. The lowest BCUT2D eigenvalue weighted by molar-refractivity contribution is 0.973. The Balaban J connectivity index is 1.70. The number of H-pyrrole nitrogens is 1. The van der Waals surface area contributed by atoms with Gasteiger partial charge in [-0.25, -0.2) is 4.98 Å². The Kier molecular flexibility index (Phi) is 4.71. The molecule has 1 N–H and O–H groups in total. The highest BCUT2D eigenvalue weighted by molar-refractivity contribution is 7.98. The van der Waals surface area contributed by atoms with Crippen LogP contribution in [-0.2, 0) is 5.75 Å². The number of nitrogens with one attached hydrogen (secondary N) is 1. The Bertz CT molecular complexity index is 802. The Morgan fingerprint density at radius 2 is 1.95 bits per heavy atom. The lowest BCUT2D eigenvalue weighted by Gasteiger charge is -2.01. The second-order valence-corrected chi connectivity index (χ2v) is 6.63. The number of aryl methyl sites for hydroxylation is 1. The molecule has 0 saturated heterocycles. The summed E-state index contributed by atoms with van der Waals surface area (Å²) in [5, 5.41) is 9.06. The van der Waals surface area contributed by atoms with E-state index in [4.69, 9.17) is 23.2 Å². The molecule has 0 unspecified atom stereocenters. The molecule has 1 aromatic heterocycles. The summed E-state index contributed by atoms with van der Waals surface area (Å²) >= 11 is 13.5. The van der Waals surface area contributed by atoms with Crippen LogP contribution in [0.2, 0.25) is 10.0 Å². The molecule has 0 saturated carbocycles. The van der Waals surface area contributed by atoms with Crippen LogP contribution in [0.5, 0.6) is 0 Å². The summed E-state index contributed by atoms with van der Waals surface area (Å²) in [7, 11) is 0. The summed E-state index contributed by atoms with van der Waals surface area (Å²) in [6, 6.07) is 13.8. The third kappa shape index (κ3) is 3.64. The second-order valence-electron chi connectivity index (χ2n) is 4.87. The number of hydrogen-bond donors (Lipinski definition) is 1. The SMILES string of the molecule is Cc1cccc(-c2nc(SCc3ccc(Cl)c(Cl)c3)n[nH]2)c1. The van der Waals surface area contributed by atoms with E-state index in [-0.39, 0.29) is 0 Å². The Morgan fingerprint density at radius 3 is 2.73 bits per heavy atom. The van der Waals surface area contributed by atoms with Crippen LogP contribution in [0.25, 0.3) is 11.4 Å². The highest BCUT2D eigenvalue weighted by Crippen LogP contribution is 2.27. The van der Waals surface area contributed by atoms with Crippen molar-refractivity contribution in [2.45, 2.75) is 17.8 Å². The summed E-state index contributed by atoms with van der Waals surface area (Å²) in [6.45, 7) is 2.06. The van der Waals surface area contributed by atoms with Crippen LogP contribution >= 0.6 is 35.0 Å². The average molecular weight is 350 g/mol. The van der Waals surface area contributed by atoms with Crippen LogP contribution in [0.1, 0.15) is 11.1 Å². The van der Waals surface area contributed by atoms with Gasteiger partial charge in [0.2, 0.25) is 5.16 Å². The van der Waals surface area contributed by atoms with E-state index in [1.807, 2.05) is 24.3 Å². The molecule has 0 fully saturated rings. The zero-order chi connectivity index (χ0) is 15.5. The fourth-order valence-corrected chi connectivity index (χ4v) is 3.07. The topological polar surface area (TPSA) is 41.6 Å². The Labute approximate surface area is 143 Å². The molecular weight excluding hydrogens is 337 g/mol. The number of hydrogen-bond acceptors (Lipinski definition) is 3. The van der Waals surface area contributed by atoms with Crippen LogP contribution in [0, 0.1) is 6.92 Å². The van der Waals surface area contributed by atoms with Crippen molar-refractivity contribution >= 4 is 35.0 Å². The van der Waals surface area contributed by atoms with Crippen molar-refractivity contribution < 1.29 is 0 Å². The maximum atomic E-state index is 6.02. The lowest BCUT2D eigenvalue weighted by Crippen LogP contribution is -1.83. The third-order valence-corrected chi connectivity index (χ3v) is 4.77. The summed E-state index contributed by atoms with van der Waals surface area (Å²) < 4.78 is 0. The molecule has 0 atom stereocenters. The number of rotatable bonds is 4. The first-order valence-electron chi connectivity index (χ1n) is 6.68. The number of halogens is 2. The predicted octanol–water partition coefficient (Wildman–Crippen LogP) is 5.38. The van der Waals surface area contributed by atoms with Gasteiger partial charge in [-0.3, -0.25) is 5.10 Å². The highest BCUT2D eigenvalue weighted by atomic mass is 35.5. The predicted molar refractivity (Wildman–Crippen MR) is 92.6 cm³/mol. The first-order valence-corrected chi connectivity index (χ1v) is 8.42. The van der Waals surface area contributed by atoms with Gasteiger partial charge in [0.1, 0.15) is 0 Å². The number of nitrogens with zero attached hydrogens (tertiary/aromatic N) is 2. The standard InChI is InChI=1S/C16H13Cl2N3S/c1-10-3-2-4-12(7-10)15-19-16(21-20-15)22-9-11-5-6-13(17)14(18)8-11/h2-8H,9H2,1H3,(H,19,20,21). The monoisotopic (exact) mass is 349 g/mol. The summed E-state index contributed by atoms with van der Waals surface area (Å²) in [6.07, 6.45) is 0. The minimum atomic E-state index is 0.565. The number of benzene rings is 2. The first-order chi connectivity index (χ1) is 10.6. The van der Waals surface area contributed by atoms with E-state index in [9.17, 15) is 0 Å². The molecule has 2 aromatic carbocycles. The van der Waals surface area contributed by atoms with E-state index in [0.717, 1.165) is 22.7 Å². The molecule has 22 heavy (non-hydrogen) atoms. The molecule has 3 aromatic rings. The van der Waals surface area contributed by atoms with E-state index in [1.54, 1.807) is 17.8 Å². The Morgan fingerprint density at radius 1 is 1.09 bits per heavy atom. The molecule has 0 aliphatic carbocycles. The molecule has 0 aliphatic rings. The molecule has 1 heterocycles. The van der Waals surface area contributed by atoms with Crippen molar-refractivity contribution in [3.05, 3.63) is 63.6 Å².